The molecule has 7 heteroatoms. The van der Waals surface area contributed by atoms with Gasteiger partial charge in [-0.05, 0) is 67.7 Å². The van der Waals surface area contributed by atoms with Gasteiger partial charge >= 0.3 is 0 Å². The minimum absolute atomic E-state index is 0.0554. The van der Waals surface area contributed by atoms with E-state index >= 15 is 0 Å². The van der Waals surface area contributed by atoms with Crippen molar-refractivity contribution in [3.05, 3.63) is 99.6 Å². The Hall–Kier alpha value is -4.03. The van der Waals surface area contributed by atoms with Gasteiger partial charge in [-0.25, -0.2) is 0 Å². The van der Waals surface area contributed by atoms with Crippen LogP contribution in [0.2, 0.25) is 5.02 Å². The van der Waals surface area contributed by atoms with Crippen LogP contribution in [0.5, 0.6) is 5.75 Å². The van der Waals surface area contributed by atoms with Gasteiger partial charge < -0.3 is 5.11 Å². The number of hydrogen-bond donors (Lipinski definition) is 1. The predicted molar refractivity (Wildman–Crippen MR) is 143 cm³/mol. The van der Waals surface area contributed by atoms with E-state index in [0.717, 1.165) is 11.1 Å². The van der Waals surface area contributed by atoms with E-state index in [4.69, 9.17) is 11.6 Å². The fourth-order valence-corrected chi connectivity index (χ4v) is 6.67. The van der Waals surface area contributed by atoms with Gasteiger partial charge in [0.15, 0.2) is 11.6 Å². The average Bonchev–Trinajstić information content (AvgIpc) is 3.17. The van der Waals surface area contributed by atoms with E-state index in [1.807, 2.05) is 6.08 Å². The molecule has 2 aromatic carbocycles. The van der Waals surface area contributed by atoms with Crippen molar-refractivity contribution in [1.29, 1.82) is 0 Å². The Bertz CT molecular complexity index is 1560. The van der Waals surface area contributed by atoms with Crippen LogP contribution in [0.3, 0.4) is 0 Å². The highest BCUT2D eigenvalue weighted by Gasteiger charge is 2.56. The summed E-state index contributed by atoms with van der Waals surface area (Å²) in [5, 5.41) is 11.2. The average molecular weight is 526 g/mol. The molecular weight excluding hydrogens is 502 g/mol. The monoisotopic (exact) mass is 525 g/mol. The van der Waals surface area contributed by atoms with Gasteiger partial charge in [-0.2, -0.15) is 0 Å². The largest absolute Gasteiger partial charge is 0.508 e. The minimum Gasteiger partial charge on any atom is -0.508 e. The number of allylic oxidation sites excluding steroid dienone is 6. The van der Waals surface area contributed by atoms with Crippen molar-refractivity contribution < 1.29 is 24.3 Å². The Morgan fingerprint density at radius 3 is 2.47 bits per heavy atom. The molecule has 1 fully saturated rings. The second kappa shape index (κ2) is 8.77. The highest BCUT2D eigenvalue weighted by atomic mass is 35.5. The van der Waals surface area contributed by atoms with Crippen LogP contribution >= 0.6 is 11.6 Å². The van der Waals surface area contributed by atoms with Crippen molar-refractivity contribution in [2.24, 2.45) is 17.8 Å². The van der Waals surface area contributed by atoms with Crippen molar-refractivity contribution in [3.8, 4) is 5.75 Å². The zero-order valence-corrected chi connectivity index (χ0v) is 21.4. The molecule has 1 aliphatic heterocycles. The van der Waals surface area contributed by atoms with Crippen molar-refractivity contribution in [2.45, 2.75) is 25.7 Å². The first-order chi connectivity index (χ1) is 18.2. The lowest BCUT2D eigenvalue weighted by molar-refractivity contribution is -0.123. The van der Waals surface area contributed by atoms with Crippen LogP contribution in [-0.2, 0) is 19.2 Å². The van der Waals surface area contributed by atoms with Crippen LogP contribution < -0.4 is 4.90 Å². The van der Waals surface area contributed by atoms with Crippen LogP contribution in [0.1, 0.15) is 36.8 Å². The van der Waals surface area contributed by atoms with Crippen LogP contribution in [-0.4, -0.2) is 28.5 Å². The smallest absolute Gasteiger partial charge is 0.238 e. The molecule has 6 rings (SSSR count). The summed E-state index contributed by atoms with van der Waals surface area (Å²) in [7, 11) is 0. The van der Waals surface area contributed by atoms with Gasteiger partial charge in [0.2, 0.25) is 11.8 Å². The Labute approximate surface area is 224 Å². The number of anilines is 1. The molecule has 0 spiro atoms. The maximum Gasteiger partial charge on any atom is 0.238 e. The topological polar surface area (TPSA) is 91.8 Å². The van der Waals surface area contributed by atoms with E-state index in [0.29, 0.717) is 39.4 Å². The molecule has 1 heterocycles. The number of benzene rings is 2. The first kappa shape index (κ1) is 24.3. The van der Waals surface area contributed by atoms with Gasteiger partial charge in [0.1, 0.15) is 5.75 Å². The number of rotatable bonds is 3. The van der Waals surface area contributed by atoms with Gasteiger partial charge in [0.25, 0.3) is 0 Å². The summed E-state index contributed by atoms with van der Waals surface area (Å²) in [5.74, 6) is -3.67. The molecule has 2 aromatic rings. The minimum atomic E-state index is -0.743. The number of ketones is 2. The summed E-state index contributed by atoms with van der Waals surface area (Å²) in [5.41, 5.74) is 3.52. The summed E-state index contributed by atoms with van der Waals surface area (Å²) in [6.45, 7) is 5.35. The molecule has 4 aliphatic rings. The van der Waals surface area contributed by atoms with Crippen LogP contribution in [0, 0.1) is 17.8 Å². The zero-order chi connectivity index (χ0) is 26.9. The number of hydrogen-bond acceptors (Lipinski definition) is 5. The Morgan fingerprint density at radius 2 is 1.76 bits per heavy atom. The number of carbonyl (C=O) groups is 4. The molecule has 4 atom stereocenters. The molecule has 0 saturated carbocycles. The Morgan fingerprint density at radius 1 is 1.03 bits per heavy atom. The number of Topliss-reactive ketones (excluding diaryl/α,β-unsaturated/α-hetero) is 1. The lowest BCUT2D eigenvalue weighted by Crippen LogP contribution is -2.39. The molecule has 1 saturated heterocycles. The van der Waals surface area contributed by atoms with E-state index < -0.39 is 23.7 Å². The summed E-state index contributed by atoms with van der Waals surface area (Å²) < 4.78 is 0. The third kappa shape index (κ3) is 3.47. The SMILES string of the molecule is C=Cc1ccc(N2C(=O)C3CC=C4C(c5cc(Cl)ccc5O)C5=C(CC4C3C2=O)C(=O)C=C(C)C5=O)cc1. The fraction of sp³-hybridized carbons (Fsp3) is 0.226. The molecule has 0 aromatic heterocycles. The molecule has 38 heavy (non-hydrogen) atoms. The molecule has 0 bridgehead atoms. The van der Waals surface area contributed by atoms with Gasteiger partial charge in [-0.1, -0.05) is 48.0 Å². The molecule has 0 radical (unpaired) electrons. The first-order valence-corrected chi connectivity index (χ1v) is 12.9. The van der Waals surface area contributed by atoms with Gasteiger partial charge in [-0.3, -0.25) is 24.1 Å². The standard InChI is InChI=1S/C31H24ClNO5/c1-3-16-4-7-18(8-5-16)33-30(37)20-10-9-19-21(27(20)31(33)38)14-23-25(35)12-15(2)29(36)28(23)26(19)22-13-17(32)6-11-24(22)34/h3-9,11-13,20-21,26-27,34H,1,10,14H2,2H3. The number of carbonyl (C=O) groups excluding carboxylic acids is 4. The van der Waals surface area contributed by atoms with Crippen LogP contribution in [0.15, 0.2) is 83.5 Å². The molecular formula is C31H24ClNO5. The molecule has 3 aliphatic carbocycles. The third-order valence-corrected chi connectivity index (χ3v) is 8.49. The maximum absolute atomic E-state index is 13.9. The third-order valence-electron chi connectivity index (χ3n) is 8.25. The molecule has 1 N–H and O–H groups in total. The molecule has 2 amide bonds. The number of amides is 2. The van der Waals surface area contributed by atoms with Crippen LogP contribution in [0.4, 0.5) is 5.69 Å². The number of nitrogens with zero attached hydrogens (tertiary/aromatic N) is 1. The lowest BCUT2D eigenvalue weighted by atomic mass is 9.59. The van der Waals surface area contributed by atoms with Crippen molar-refractivity contribution >= 4 is 46.7 Å². The van der Waals surface area contributed by atoms with Gasteiger partial charge in [0.05, 0.1) is 17.5 Å². The number of halogens is 1. The second-order valence-corrected chi connectivity index (χ2v) is 10.7. The van der Waals surface area contributed by atoms with E-state index in [1.54, 1.807) is 49.4 Å². The Balaban J connectivity index is 1.49. The first-order valence-electron chi connectivity index (χ1n) is 12.5. The van der Waals surface area contributed by atoms with E-state index in [-0.39, 0.29) is 35.6 Å². The van der Waals surface area contributed by atoms with Gasteiger partial charge in [0, 0.05) is 33.2 Å². The van der Waals surface area contributed by atoms with E-state index in [2.05, 4.69) is 6.58 Å². The summed E-state index contributed by atoms with van der Waals surface area (Å²) >= 11 is 6.30. The molecule has 190 valence electrons. The van der Waals surface area contributed by atoms with E-state index in [9.17, 15) is 24.3 Å². The quantitative estimate of drug-likeness (QED) is 0.332. The predicted octanol–water partition coefficient (Wildman–Crippen LogP) is 5.32. The highest BCUT2D eigenvalue weighted by Crippen LogP contribution is 2.56. The Kier molecular flexibility index (Phi) is 5.61. The van der Waals surface area contributed by atoms with Crippen molar-refractivity contribution in [3.63, 3.8) is 0 Å². The second-order valence-electron chi connectivity index (χ2n) is 10.2. The summed E-state index contributed by atoms with van der Waals surface area (Å²) in [4.78, 5) is 55.3. The number of phenols is 1. The van der Waals surface area contributed by atoms with E-state index in [1.165, 1.54) is 17.0 Å². The normalized spacial score (nSPS) is 26.5. The molecule has 4 unspecified atom stereocenters. The zero-order valence-electron chi connectivity index (χ0n) is 20.6. The van der Waals surface area contributed by atoms with Crippen molar-refractivity contribution in [2.75, 3.05) is 4.90 Å². The van der Waals surface area contributed by atoms with Crippen molar-refractivity contribution in [1.82, 2.24) is 0 Å². The number of imide groups is 1. The lowest BCUT2D eigenvalue weighted by Gasteiger charge is -2.42. The highest BCUT2D eigenvalue weighted by molar-refractivity contribution is 6.30. The maximum atomic E-state index is 13.9. The summed E-state index contributed by atoms with van der Waals surface area (Å²) in [6.07, 6.45) is 5.43. The van der Waals surface area contributed by atoms with Gasteiger partial charge in [-0.15, -0.1) is 0 Å². The number of aromatic hydroxyl groups is 1. The molecule has 6 nitrogen and oxygen atoms in total. The fourth-order valence-electron chi connectivity index (χ4n) is 6.49. The number of phenolic OH excluding ortho intramolecular Hbond substituents is 1. The number of fused-ring (bicyclic) bond motifs is 3. The summed E-state index contributed by atoms with van der Waals surface area (Å²) in [6, 6.07) is 11.7. The van der Waals surface area contributed by atoms with Crippen LogP contribution in [0.25, 0.3) is 6.08 Å².